The van der Waals surface area contributed by atoms with Crippen molar-refractivity contribution in [1.29, 1.82) is 0 Å². The maximum Gasteiger partial charge on any atom is 0.317 e. The van der Waals surface area contributed by atoms with Gasteiger partial charge >= 0.3 is 6.03 Å². The van der Waals surface area contributed by atoms with Crippen molar-refractivity contribution in [3.63, 3.8) is 0 Å². The molecule has 0 atom stereocenters. The molecule has 0 spiro atoms. The van der Waals surface area contributed by atoms with Gasteiger partial charge in [0.1, 0.15) is 0 Å². The Morgan fingerprint density at radius 3 is 1.94 bits per heavy atom. The fourth-order valence-electron chi connectivity index (χ4n) is 4.20. The third-order valence-corrected chi connectivity index (χ3v) is 7.22. The summed E-state index contributed by atoms with van der Waals surface area (Å²) in [4.78, 5) is 16.4. The van der Waals surface area contributed by atoms with Crippen LogP contribution >= 0.6 is 0 Å². The molecule has 7 nitrogen and oxygen atoms in total. The molecule has 0 bridgehead atoms. The van der Waals surface area contributed by atoms with E-state index in [0.29, 0.717) is 0 Å². The van der Waals surface area contributed by atoms with Crippen LogP contribution in [-0.2, 0) is 22.2 Å². The van der Waals surface area contributed by atoms with Crippen molar-refractivity contribution in [2.75, 3.05) is 27.2 Å². The highest BCUT2D eigenvalue weighted by atomic mass is 32.2. The quantitative estimate of drug-likeness (QED) is 0.487. The van der Waals surface area contributed by atoms with Gasteiger partial charge in [0.05, 0.1) is 10.4 Å². The molecule has 3 aromatic rings. The van der Waals surface area contributed by atoms with Gasteiger partial charge in [0, 0.05) is 33.7 Å². The largest absolute Gasteiger partial charge is 0.331 e. The lowest BCUT2D eigenvalue weighted by atomic mass is 9.80. The Bertz CT molecular complexity index is 1210. The van der Waals surface area contributed by atoms with Crippen LogP contribution in [0.25, 0.3) is 0 Å². The summed E-state index contributed by atoms with van der Waals surface area (Å²) in [6.45, 7) is 4.75. The number of piperidine rings is 1. The highest BCUT2D eigenvalue weighted by Gasteiger charge is 2.37. The van der Waals surface area contributed by atoms with Gasteiger partial charge in [-0.3, -0.25) is 9.45 Å². The molecular weight excluding hydrogens is 474 g/mol. The second-order valence-electron chi connectivity index (χ2n) is 9.32. The summed E-state index contributed by atoms with van der Waals surface area (Å²) >= 11 is 0. The van der Waals surface area contributed by atoms with Crippen molar-refractivity contribution in [2.45, 2.75) is 36.7 Å². The molecule has 8 heteroatoms. The average Bonchev–Trinajstić information content (AvgIpc) is 2.86. The summed E-state index contributed by atoms with van der Waals surface area (Å²) < 4.78 is 29.6. The summed E-state index contributed by atoms with van der Waals surface area (Å²) in [5, 5.41) is 3.29. The molecule has 0 saturated carbocycles. The zero-order chi connectivity index (χ0) is 26.2. The lowest BCUT2D eigenvalue weighted by Gasteiger charge is -2.43. The number of nitrogens with zero attached hydrogens (tertiary/aromatic N) is 2. The van der Waals surface area contributed by atoms with E-state index in [9.17, 15) is 13.2 Å². The van der Waals surface area contributed by atoms with Crippen LogP contribution in [0.5, 0.6) is 0 Å². The second-order valence-corrected chi connectivity index (χ2v) is 10.7. The van der Waals surface area contributed by atoms with Crippen LogP contribution < -0.4 is 5.32 Å². The van der Waals surface area contributed by atoms with E-state index in [-0.39, 0.29) is 16.5 Å². The minimum Gasteiger partial charge on any atom is -0.331 e. The number of benzene rings is 3. The Kier molecular flexibility index (Phi) is 9.25. The third kappa shape index (κ3) is 7.65. The number of carbonyl (C=O) groups excluding carboxylic acids is 1. The highest BCUT2D eigenvalue weighted by Crippen LogP contribution is 2.33. The van der Waals surface area contributed by atoms with Crippen LogP contribution in [0.4, 0.5) is 4.79 Å². The van der Waals surface area contributed by atoms with Gasteiger partial charge in [-0.25, -0.2) is 4.79 Å². The molecule has 0 aliphatic carbocycles. The zero-order valence-corrected chi connectivity index (χ0v) is 21.9. The predicted octanol–water partition coefficient (Wildman–Crippen LogP) is 4.69. The van der Waals surface area contributed by atoms with Crippen LogP contribution in [-0.4, -0.2) is 56.0 Å². The van der Waals surface area contributed by atoms with Crippen LogP contribution in [0.15, 0.2) is 89.8 Å². The summed E-state index contributed by atoms with van der Waals surface area (Å²) in [5.41, 5.74) is 3.21. The van der Waals surface area contributed by atoms with E-state index in [4.69, 9.17) is 4.55 Å². The monoisotopic (exact) mass is 509 g/mol. The van der Waals surface area contributed by atoms with E-state index < -0.39 is 10.1 Å². The molecule has 192 valence electrons. The van der Waals surface area contributed by atoms with Crippen LogP contribution in [0.3, 0.4) is 0 Å². The Morgan fingerprint density at radius 1 is 0.917 bits per heavy atom. The minimum absolute atomic E-state index is 0.0274. The first kappa shape index (κ1) is 27.4. The number of nitrogens with one attached hydrogen (secondary N) is 1. The van der Waals surface area contributed by atoms with Gasteiger partial charge in [-0.05, 0) is 43.0 Å². The first-order chi connectivity index (χ1) is 17.1. The van der Waals surface area contributed by atoms with Crippen LogP contribution in [0.1, 0.15) is 29.5 Å². The molecule has 1 aliphatic heterocycles. The Labute approximate surface area is 214 Å². The summed E-state index contributed by atoms with van der Waals surface area (Å²) in [7, 11) is -0.439. The normalized spacial score (nSPS) is 15.3. The molecule has 1 aliphatic rings. The fourth-order valence-corrected chi connectivity index (χ4v) is 4.68. The summed E-state index contributed by atoms with van der Waals surface area (Å²) in [6, 6.07) is 26.9. The predicted molar refractivity (Wildman–Crippen MR) is 142 cm³/mol. The van der Waals surface area contributed by atoms with Gasteiger partial charge in [-0.1, -0.05) is 78.4 Å². The molecular formula is C28H35N3O4S. The number of carbonyl (C=O) groups is 1. The molecule has 36 heavy (non-hydrogen) atoms. The average molecular weight is 510 g/mol. The molecule has 1 fully saturated rings. The SMILES string of the molecule is CN(C)C(=O)NC1(c2ccccc2)CCN(Cc2ccccc2)CC1.Cc1ccc(S(=O)(=O)O)cc1. The fraction of sp³-hybridized carbons (Fsp3) is 0.321. The number of rotatable bonds is 5. The third-order valence-electron chi connectivity index (χ3n) is 6.36. The van der Waals surface area contributed by atoms with E-state index in [1.165, 1.54) is 23.3 Å². The standard InChI is InChI=1S/C21H27N3O.C7H8O3S/c1-23(2)20(25)22-21(19-11-7-4-8-12-19)13-15-24(16-14-21)17-18-9-5-3-6-10-18;1-6-2-4-7(5-3-6)11(8,9)10/h3-12H,13-17H2,1-2H3,(H,22,25);2-5H,1H3,(H,8,9,10). The van der Waals surface area contributed by atoms with Crippen molar-refractivity contribution >= 4 is 16.1 Å². The number of likely N-dealkylation sites (tertiary alicyclic amines) is 1. The summed E-state index contributed by atoms with van der Waals surface area (Å²) in [6.07, 6.45) is 1.84. The van der Waals surface area contributed by atoms with Crippen molar-refractivity contribution in [3.8, 4) is 0 Å². The van der Waals surface area contributed by atoms with Crippen molar-refractivity contribution in [1.82, 2.24) is 15.1 Å². The lowest BCUT2D eigenvalue weighted by molar-refractivity contribution is 0.125. The van der Waals surface area contributed by atoms with Gasteiger partial charge in [0.2, 0.25) is 0 Å². The maximum atomic E-state index is 12.4. The topological polar surface area (TPSA) is 90.0 Å². The van der Waals surface area contributed by atoms with E-state index in [0.717, 1.165) is 38.0 Å². The smallest absolute Gasteiger partial charge is 0.317 e. The Hall–Kier alpha value is -3.20. The molecule has 0 radical (unpaired) electrons. The van der Waals surface area contributed by atoms with Gasteiger partial charge in [-0.15, -0.1) is 0 Å². The minimum atomic E-state index is -4.02. The molecule has 2 N–H and O–H groups in total. The number of hydrogen-bond donors (Lipinski definition) is 2. The molecule has 3 aromatic carbocycles. The second kappa shape index (κ2) is 12.2. The zero-order valence-electron chi connectivity index (χ0n) is 21.1. The number of aryl methyl sites for hydroxylation is 1. The van der Waals surface area contributed by atoms with Crippen molar-refractivity contribution < 1.29 is 17.8 Å². The van der Waals surface area contributed by atoms with E-state index in [1.54, 1.807) is 31.1 Å². The van der Waals surface area contributed by atoms with E-state index in [1.807, 2.05) is 13.0 Å². The van der Waals surface area contributed by atoms with Gasteiger partial charge < -0.3 is 10.2 Å². The Morgan fingerprint density at radius 2 is 1.44 bits per heavy atom. The number of urea groups is 1. The van der Waals surface area contributed by atoms with Crippen LogP contribution in [0, 0.1) is 6.92 Å². The van der Waals surface area contributed by atoms with Gasteiger partial charge in [-0.2, -0.15) is 8.42 Å². The molecule has 1 saturated heterocycles. The van der Waals surface area contributed by atoms with Gasteiger partial charge in [0.25, 0.3) is 10.1 Å². The number of amides is 2. The van der Waals surface area contributed by atoms with E-state index >= 15 is 0 Å². The maximum absolute atomic E-state index is 12.4. The number of hydrogen-bond acceptors (Lipinski definition) is 4. The molecule has 1 heterocycles. The molecule has 0 unspecified atom stereocenters. The van der Waals surface area contributed by atoms with Gasteiger partial charge in [0.15, 0.2) is 0 Å². The summed E-state index contributed by atoms with van der Waals surface area (Å²) in [5.74, 6) is 0. The van der Waals surface area contributed by atoms with Crippen molar-refractivity contribution in [2.24, 2.45) is 0 Å². The van der Waals surface area contributed by atoms with Crippen molar-refractivity contribution in [3.05, 3.63) is 102 Å². The molecule has 0 aromatic heterocycles. The van der Waals surface area contributed by atoms with Crippen LogP contribution in [0.2, 0.25) is 0 Å². The Balaban J connectivity index is 0.000000275. The highest BCUT2D eigenvalue weighted by molar-refractivity contribution is 7.85. The molecule has 4 rings (SSSR count). The lowest BCUT2D eigenvalue weighted by Crippen LogP contribution is -2.55. The first-order valence-electron chi connectivity index (χ1n) is 11.9. The first-order valence-corrected chi connectivity index (χ1v) is 13.4. The van der Waals surface area contributed by atoms with E-state index in [2.05, 4.69) is 64.8 Å². The molecule has 2 amide bonds.